The average molecular weight is 346 g/mol. The molecule has 1 aliphatic carbocycles. The quantitative estimate of drug-likeness (QED) is 0.504. The fraction of sp³-hybridized carbons (Fsp3) is 0.182. The van der Waals surface area contributed by atoms with Crippen molar-refractivity contribution >= 4 is 39.6 Å². The Balaban J connectivity index is 1.91. The summed E-state index contributed by atoms with van der Waals surface area (Å²) in [4.78, 5) is 23.0. The van der Waals surface area contributed by atoms with Crippen molar-refractivity contribution in [3.63, 3.8) is 0 Å². The Morgan fingerprint density at radius 1 is 0.846 bits per heavy atom. The molecule has 0 saturated carbocycles. The lowest BCUT2D eigenvalue weighted by Gasteiger charge is -2.29. The van der Waals surface area contributed by atoms with Crippen LogP contribution < -0.4 is 0 Å². The van der Waals surface area contributed by atoms with Crippen LogP contribution in [0, 0.1) is 0 Å². The molecule has 3 aromatic rings. The Bertz CT molecular complexity index is 1060. The lowest BCUT2D eigenvalue weighted by atomic mass is 9.88. The molecule has 0 radical (unpaired) electrons. The van der Waals surface area contributed by atoms with E-state index in [1.54, 1.807) is 6.08 Å². The Morgan fingerprint density at radius 3 is 2.23 bits per heavy atom. The minimum Gasteiger partial charge on any atom is -0.454 e. The lowest BCUT2D eigenvalue weighted by Crippen LogP contribution is -2.28. The largest absolute Gasteiger partial charge is 0.454 e. The molecular formula is C22H18O4. The van der Waals surface area contributed by atoms with E-state index in [1.165, 1.54) is 19.2 Å². The summed E-state index contributed by atoms with van der Waals surface area (Å²) < 4.78 is 10.8. The number of carbonyl (C=O) groups excluding carboxylic acids is 2. The highest BCUT2D eigenvalue weighted by molar-refractivity contribution is 6.02. The van der Waals surface area contributed by atoms with Gasteiger partial charge in [0.05, 0.1) is 0 Å². The average Bonchev–Trinajstić information content (AvgIpc) is 2.61. The second-order valence-electron chi connectivity index (χ2n) is 6.45. The van der Waals surface area contributed by atoms with Gasteiger partial charge in [0, 0.05) is 19.4 Å². The van der Waals surface area contributed by atoms with Crippen LogP contribution in [0.4, 0.5) is 0 Å². The van der Waals surface area contributed by atoms with Gasteiger partial charge in [0.1, 0.15) is 0 Å². The van der Waals surface area contributed by atoms with E-state index >= 15 is 0 Å². The highest BCUT2D eigenvalue weighted by atomic mass is 16.6. The summed E-state index contributed by atoms with van der Waals surface area (Å²) in [7, 11) is 0. The fourth-order valence-corrected chi connectivity index (χ4v) is 3.56. The molecule has 0 fully saturated rings. The Kier molecular flexibility index (Phi) is 3.96. The van der Waals surface area contributed by atoms with Gasteiger partial charge in [-0.05, 0) is 45.3 Å². The van der Waals surface area contributed by atoms with Gasteiger partial charge in [0.2, 0.25) is 0 Å². The molecule has 0 bridgehead atoms. The van der Waals surface area contributed by atoms with Gasteiger partial charge in [-0.25, -0.2) is 0 Å². The maximum Gasteiger partial charge on any atom is 0.303 e. The highest BCUT2D eigenvalue weighted by Crippen LogP contribution is 2.38. The molecule has 0 saturated heterocycles. The van der Waals surface area contributed by atoms with Crippen molar-refractivity contribution in [3.8, 4) is 0 Å². The number of rotatable bonds is 2. The minimum absolute atomic E-state index is 0.410. The highest BCUT2D eigenvalue weighted by Gasteiger charge is 2.32. The summed E-state index contributed by atoms with van der Waals surface area (Å²) in [6, 6.07) is 16.4. The molecule has 4 rings (SSSR count). The number of benzene rings is 3. The van der Waals surface area contributed by atoms with Crippen molar-refractivity contribution in [2.45, 2.75) is 26.1 Å². The smallest absolute Gasteiger partial charge is 0.303 e. The van der Waals surface area contributed by atoms with E-state index in [4.69, 9.17) is 9.47 Å². The van der Waals surface area contributed by atoms with Crippen LogP contribution in [0.2, 0.25) is 0 Å². The van der Waals surface area contributed by atoms with Gasteiger partial charge in [-0.15, -0.1) is 0 Å². The van der Waals surface area contributed by atoms with Gasteiger partial charge in [-0.3, -0.25) is 9.59 Å². The molecule has 0 unspecified atom stereocenters. The van der Waals surface area contributed by atoms with Crippen molar-refractivity contribution in [2.75, 3.05) is 0 Å². The topological polar surface area (TPSA) is 52.6 Å². The van der Waals surface area contributed by atoms with Crippen LogP contribution in [0.3, 0.4) is 0 Å². The number of ether oxygens (including phenoxy) is 2. The lowest BCUT2D eigenvalue weighted by molar-refractivity contribution is -0.162. The third kappa shape index (κ3) is 2.84. The van der Waals surface area contributed by atoms with Gasteiger partial charge < -0.3 is 9.47 Å². The van der Waals surface area contributed by atoms with Crippen molar-refractivity contribution in [3.05, 3.63) is 65.7 Å². The number of fused-ring (bicyclic) bond motifs is 4. The fourth-order valence-electron chi connectivity index (χ4n) is 3.56. The predicted octanol–water partition coefficient (Wildman–Crippen LogP) is 4.56. The van der Waals surface area contributed by atoms with E-state index in [1.807, 2.05) is 30.3 Å². The number of hydrogen-bond donors (Lipinski definition) is 0. The summed E-state index contributed by atoms with van der Waals surface area (Å²) >= 11 is 0. The van der Waals surface area contributed by atoms with E-state index in [0.29, 0.717) is 0 Å². The van der Waals surface area contributed by atoms with Crippen LogP contribution >= 0.6 is 0 Å². The SMILES string of the molecule is CC(=O)O[C@H]1C=Cc2c(ccc3cc4ccccc4cc23)[C@@H]1OC(C)=O. The number of carbonyl (C=O) groups is 2. The number of hydrogen-bond acceptors (Lipinski definition) is 4. The third-order valence-corrected chi connectivity index (χ3v) is 4.61. The van der Waals surface area contributed by atoms with E-state index in [0.717, 1.165) is 27.3 Å². The van der Waals surface area contributed by atoms with Gasteiger partial charge in [0.15, 0.2) is 12.2 Å². The maximum absolute atomic E-state index is 11.6. The summed E-state index contributed by atoms with van der Waals surface area (Å²) in [6.07, 6.45) is 2.46. The van der Waals surface area contributed by atoms with Gasteiger partial charge in [-0.2, -0.15) is 0 Å². The van der Waals surface area contributed by atoms with Crippen LogP contribution in [0.1, 0.15) is 31.1 Å². The molecule has 0 aliphatic heterocycles. The molecule has 0 amide bonds. The van der Waals surface area contributed by atoms with Gasteiger partial charge >= 0.3 is 11.9 Å². The zero-order chi connectivity index (χ0) is 18.3. The molecule has 4 nitrogen and oxygen atoms in total. The molecule has 0 aromatic heterocycles. The van der Waals surface area contributed by atoms with Gasteiger partial charge in [0.25, 0.3) is 0 Å². The van der Waals surface area contributed by atoms with Crippen LogP contribution in [0.15, 0.2) is 54.6 Å². The summed E-state index contributed by atoms with van der Waals surface area (Å²) in [5, 5.41) is 4.51. The molecule has 130 valence electrons. The summed E-state index contributed by atoms with van der Waals surface area (Å²) in [6.45, 7) is 2.71. The molecular weight excluding hydrogens is 328 g/mol. The second-order valence-corrected chi connectivity index (χ2v) is 6.45. The molecule has 26 heavy (non-hydrogen) atoms. The predicted molar refractivity (Wildman–Crippen MR) is 101 cm³/mol. The summed E-state index contributed by atoms with van der Waals surface area (Å²) in [5.41, 5.74) is 1.83. The van der Waals surface area contributed by atoms with E-state index in [-0.39, 0.29) is 0 Å². The van der Waals surface area contributed by atoms with Crippen molar-refractivity contribution < 1.29 is 19.1 Å². The zero-order valence-corrected chi connectivity index (χ0v) is 14.6. The van der Waals surface area contributed by atoms with Crippen LogP contribution in [0.5, 0.6) is 0 Å². The van der Waals surface area contributed by atoms with Crippen LogP contribution in [-0.2, 0) is 19.1 Å². The Morgan fingerprint density at radius 2 is 1.54 bits per heavy atom. The van der Waals surface area contributed by atoms with Crippen molar-refractivity contribution in [1.29, 1.82) is 0 Å². The standard InChI is InChI=1S/C22H18O4/c1-13(23)25-21-10-9-18-19(22(21)26-14(2)24)8-7-17-11-15-5-3-4-6-16(15)12-20(17)18/h3-12,21-22H,1-2H3/t21-,22-/m0/s1. The second kappa shape index (κ2) is 6.30. The molecule has 2 atom stereocenters. The molecule has 3 aromatic carbocycles. The van der Waals surface area contributed by atoms with Crippen LogP contribution in [0.25, 0.3) is 27.6 Å². The molecule has 1 aliphatic rings. The van der Waals surface area contributed by atoms with E-state index in [2.05, 4.69) is 24.3 Å². The van der Waals surface area contributed by atoms with E-state index in [9.17, 15) is 9.59 Å². The third-order valence-electron chi connectivity index (χ3n) is 4.61. The zero-order valence-electron chi connectivity index (χ0n) is 14.6. The maximum atomic E-state index is 11.6. The first kappa shape index (κ1) is 16.3. The Hall–Kier alpha value is -3.14. The van der Waals surface area contributed by atoms with Crippen LogP contribution in [-0.4, -0.2) is 18.0 Å². The molecule has 0 heterocycles. The normalized spacial score (nSPS) is 18.5. The Labute approximate surface area is 151 Å². The van der Waals surface area contributed by atoms with Gasteiger partial charge in [-0.1, -0.05) is 42.5 Å². The molecule has 4 heteroatoms. The minimum atomic E-state index is -0.646. The number of esters is 2. The first-order valence-corrected chi connectivity index (χ1v) is 8.51. The van der Waals surface area contributed by atoms with E-state index < -0.39 is 24.1 Å². The van der Waals surface area contributed by atoms with Crippen molar-refractivity contribution in [1.82, 2.24) is 0 Å². The first-order valence-electron chi connectivity index (χ1n) is 8.51. The molecule has 0 N–H and O–H groups in total. The first-order chi connectivity index (χ1) is 12.5. The van der Waals surface area contributed by atoms with Crippen molar-refractivity contribution in [2.24, 2.45) is 0 Å². The monoisotopic (exact) mass is 346 g/mol. The molecule has 0 spiro atoms. The summed E-state index contributed by atoms with van der Waals surface area (Å²) in [5.74, 6) is -0.820.